The first-order valence-corrected chi connectivity index (χ1v) is 4.57. The Hall–Kier alpha value is -2.07. The minimum atomic E-state index is -0.833. The number of hydrogen-bond acceptors (Lipinski definition) is 5. The Labute approximate surface area is 90.1 Å². The van der Waals surface area contributed by atoms with Crippen LogP contribution in [0.5, 0.6) is 17.2 Å². The molecule has 2 rings (SSSR count). The van der Waals surface area contributed by atoms with Gasteiger partial charge in [-0.25, -0.2) is 14.2 Å². The third-order valence-electron chi connectivity index (χ3n) is 2.16. The molecule has 16 heavy (non-hydrogen) atoms. The molecule has 84 valence electrons. The van der Waals surface area contributed by atoms with Gasteiger partial charge in [0.15, 0.2) is 23.1 Å². The topological polar surface area (TPSA) is 68.1 Å². The predicted molar refractivity (Wildman–Crippen MR) is 50.9 cm³/mol. The number of fused-ring (bicyclic) bond motifs is 1. The molecule has 1 aliphatic heterocycles. The summed E-state index contributed by atoms with van der Waals surface area (Å²) < 4.78 is 23.7. The highest BCUT2D eigenvalue weighted by Crippen LogP contribution is 2.41. The first-order valence-electron chi connectivity index (χ1n) is 4.57. The van der Waals surface area contributed by atoms with E-state index >= 15 is 0 Å². The Bertz CT molecular complexity index is 468. The van der Waals surface area contributed by atoms with Gasteiger partial charge in [-0.15, -0.1) is 0 Å². The summed E-state index contributed by atoms with van der Waals surface area (Å²) in [5, 5.41) is 9.48. The van der Waals surface area contributed by atoms with Gasteiger partial charge in [0.2, 0.25) is 6.08 Å². The Kier molecular flexibility index (Phi) is 2.74. The summed E-state index contributed by atoms with van der Waals surface area (Å²) >= 11 is 0. The Morgan fingerprint density at radius 1 is 1.50 bits per heavy atom. The quantitative estimate of drug-likeness (QED) is 0.605. The van der Waals surface area contributed by atoms with Gasteiger partial charge in [-0.2, -0.15) is 0 Å². The van der Waals surface area contributed by atoms with E-state index in [0.29, 0.717) is 13.2 Å². The van der Waals surface area contributed by atoms with Crippen molar-refractivity contribution in [1.29, 1.82) is 0 Å². The average molecular weight is 225 g/mol. The second-order valence-corrected chi connectivity index (χ2v) is 3.12. The van der Waals surface area contributed by atoms with Gasteiger partial charge < -0.3 is 14.6 Å². The summed E-state index contributed by atoms with van der Waals surface area (Å²) in [6.07, 6.45) is 1.31. The molecule has 1 heterocycles. The second kappa shape index (κ2) is 4.20. The zero-order chi connectivity index (χ0) is 11.5. The minimum Gasteiger partial charge on any atom is -0.504 e. The number of nitrogens with zero attached hydrogens (tertiary/aromatic N) is 1. The van der Waals surface area contributed by atoms with Crippen LogP contribution in [0.2, 0.25) is 0 Å². The summed E-state index contributed by atoms with van der Waals surface area (Å²) in [6.45, 7) is 0.419. The first-order chi connectivity index (χ1) is 7.74. The monoisotopic (exact) mass is 225 g/mol. The third-order valence-corrected chi connectivity index (χ3v) is 2.16. The van der Waals surface area contributed by atoms with Crippen molar-refractivity contribution in [3.63, 3.8) is 0 Å². The van der Waals surface area contributed by atoms with Crippen LogP contribution < -0.4 is 9.47 Å². The summed E-state index contributed by atoms with van der Waals surface area (Å²) in [7, 11) is 0. The maximum Gasteiger partial charge on any atom is 0.235 e. The van der Waals surface area contributed by atoms with Crippen molar-refractivity contribution in [3.8, 4) is 17.2 Å². The fraction of sp³-hybridized carbons (Fsp3) is 0.300. The number of phenolic OH excluding ortho intramolecular Hbond substituents is 1. The Morgan fingerprint density at radius 3 is 3.00 bits per heavy atom. The van der Waals surface area contributed by atoms with Crippen molar-refractivity contribution in [2.45, 2.75) is 6.54 Å². The fourth-order valence-corrected chi connectivity index (χ4v) is 1.47. The van der Waals surface area contributed by atoms with E-state index in [1.54, 1.807) is 0 Å². The summed E-state index contributed by atoms with van der Waals surface area (Å²) in [5.74, 6) is -0.981. The molecular weight excluding hydrogens is 217 g/mol. The number of hydrogen-bond donors (Lipinski definition) is 1. The van der Waals surface area contributed by atoms with Crippen LogP contribution in [0.1, 0.15) is 5.56 Å². The molecular formula is C10H8FNO4. The van der Waals surface area contributed by atoms with Crippen molar-refractivity contribution >= 4 is 6.08 Å². The standard InChI is InChI=1S/C10H8FNO4/c11-7-3-8-10(16-2-1-15-8)6(9(7)14)4-12-5-13/h3,14H,1-2,4H2. The van der Waals surface area contributed by atoms with Gasteiger partial charge in [-0.05, 0) is 0 Å². The van der Waals surface area contributed by atoms with E-state index in [4.69, 9.17) is 9.47 Å². The van der Waals surface area contributed by atoms with Crippen molar-refractivity contribution in [2.75, 3.05) is 13.2 Å². The molecule has 0 aromatic heterocycles. The molecule has 0 unspecified atom stereocenters. The van der Waals surface area contributed by atoms with E-state index in [0.717, 1.165) is 6.07 Å². The van der Waals surface area contributed by atoms with Crippen LogP contribution in [0.4, 0.5) is 4.39 Å². The van der Waals surface area contributed by atoms with E-state index in [1.165, 1.54) is 6.08 Å². The van der Waals surface area contributed by atoms with Gasteiger partial charge in [-0.1, -0.05) is 0 Å². The molecule has 1 aromatic carbocycles. The van der Waals surface area contributed by atoms with Crippen molar-refractivity contribution < 1.29 is 23.8 Å². The summed E-state index contributed by atoms with van der Waals surface area (Å²) in [4.78, 5) is 13.3. The number of aromatic hydroxyl groups is 1. The van der Waals surface area contributed by atoms with Crippen LogP contribution in [0, 0.1) is 5.82 Å². The maximum absolute atomic E-state index is 13.3. The molecule has 0 radical (unpaired) electrons. The van der Waals surface area contributed by atoms with E-state index in [9.17, 15) is 14.3 Å². The number of aliphatic imine (C=N–C) groups is 1. The van der Waals surface area contributed by atoms with Gasteiger partial charge in [0, 0.05) is 6.07 Å². The molecule has 0 saturated heterocycles. The van der Waals surface area contributed by atoms with Gasteiger partial charge >= 0.3 is 0 Å². The van der Waals surface area contributed by atoms with Crippen LogP contribution in [0.25, 0.3) is 0 Å². The summed E-state index contributed by atoms with van der Waals surface area (Å²) in [6, 6.07) is 1.04. The maximum atomic E-state index is 13.3. The van der Waals surface area contributed by atoms with Crippen molar-refractivity contribution in [1.82, 2.24) is 0 Å². The second-order valence-electron chi connectivity index (χ2n) is 3.12. The third kappa shape index (κ3) is 1.70. The van der Waals surface area contributed by atoms with Gasteiger partial charge in [-0.3, -0.25) is 0 Å². The number of isocyanates is 1. The molecule has 5 nitrogen and oxygen atoms in total. The van der Waals surface area contributed by atoms with Gasteiger partial charge in [0.05, 0.1) is 12.1 Å². The largest absolute Gasteiger partial charge is 0.504 e. The SMILES string of the molecule is O=C=NCc1c(O)c(F)cc2c1OCCO2. The van der Waals surface area contributed by atoms with Gasteiger partial charge in [0.25, 0.3) is 0 Å². The Balaban J connectivity index is 2.53. The zero-order valence-electron chi connectivity index (χ0n) is 8.20. The highest BCUT2D eigenvalue weighted by molar-refractivity contribution is 5.55. The fourth-order valence-electron chi connectivity index (χ4n) is 1.47. The lowest BCUT2D eigenvalue weighted by molar-refractivity contribution is 0.167. The van der Waals surface area contributed by atoms with E-state index in [1.807, 2.05) is 0 Å². The number of rotatable bonds is 2. The van der Waals surface area contributed by atoms with E-state index in [-0.39, 0.29) is 23.6 Å². The number of halogens is 1. The van der Waals surface area contributed by atoms with Crippen LogP contribution in [0.15, 0.2) is 11.1 Å². The predicted octanol–water partition coefficient (Wildman–Crippen LogP) is 1.14. The van der Waals surface area contributed by atoms with Crippen LogP contribution in [0.3, 0.4) is 0 Å². The molecule has 0 amide bonds. The number of carbonyl (C=O) groups excluding carboxylic acids is 1. The van der Waals surface area contributed by atoms with Gasteiger partial charge in [0.1, 0.15) is 13.2 Å². The van der Waals surface area contributed by atoms with E-state index < -0.39 is 11.6 Å². The zero-order valence-corrected chi connectivity index (χ0v) is 8.20. The lowest BCUT2D eigenvalue weighted by atomic mass is 10.1. The van der Waals surface area contributed by atoms with Crippen molar-refractivity contribution in [3.05, 3.63) is 17.4 Å². The molecule has 0 fully saturated rings. The van der Waals surface area contributed by atoms with Crippen molar-refractivity contribution in [2.24, 2.45) is 4.99 Å². The van der Waals surface area contributed by atoms with E-state index in [2.05, 4.69) is 4.99 Å². The van der Waals surface area contributed by atoms with Crippen LogP contribution in [-0.2, 0) is 11.3 Å². The Morgan fingerprint density at radius 2 is 2.25 bits per heavy atom. The molecule has 0 spiro atoms. The molecule has 0 bridgehead atoms. The number of benzene rings is 1. The van der Waals surface area contributed by atoms with Crippen LogP contribution in [-0.4, -0.2) is 24.4 Å². The highest BCUT2D eigenvalue weighted by atomic mass is 19.1. The summed E-state index contributed by atoms with van der Waals surface area (Å²) in [5.41, 5.74) is 0.0954. The molecule has 6 heteroatoms. The minimum absolute atomic E-state index is 0.0954. The van der Waals surface area contributed by atoms with Crippen LogP contribution >= 0.6 is 0 Å². The lowest BCUT2D eigenvalue weighted by Gasteiger charge is -2.21. The average Bonchev–Trinajstić information content (AvgIpc) is 2.30. The first kappa shape index (κ1) is 10.4. The smallest absolute Gasteiger partial charge is 0.235 e. The molecule has 1 aliphatic rings. The number of ether oxygens (including phenoxy) is 2. The molecule has 0 atom stereocenters. The molecule has 1 aromatic rings. The highest BCUT2D eigenvalue weighted by Gasteiger charge is 2.22. The molecule has 1 N–H and O–H groups in total. The normalized spacial score (nSPS) is 13.1. The molecule has 0 aliphatic carbocycles. The lowest BCUT2D eigenvalue weighted by Crippen LogP contribution is -2.17. The molecule has 0 saturated carbocycles. The number of phenols is 1.